The van der Waals surface area contributed by atoms with Crippen LogP contribution in [0.15, 0.2) is 22.7 Å². The van der Waals surface area contributed by atoms with Crippen molar-refractivity contribution in [2.24, 2.45) is 0 Å². The smallest absolute Gasteiger partial charge is 0.258 e. The van der Waals surface area contributed by atoms with E-state index in [-0.39, 0.29) is 5.75 Å². The molecular formula is C15H18N2O3. The predicted molar refractivity (Wildman–Crippen MR) is 73.3 cm³/mol. The Morgan fingerprint density at radius 1 is 1.30 bits per heavy atom. The van der Waals surface area contributed by atoms with Crippen LogP contribution < -0.4 is 0 Å². The molecule has 0 atom stereocenters. The minimum Gasteiger partial charge on any atom is -0.508 e. The molecule has 1 aliphatic rings. The molecule has 1 aliphatic carbocycles. The first-order valence-electron chi connectivity index (χ1n) is 6.84. The molecule has 1 aromatic carbocycles. The summed E-state index contributed by atoms with van der Waals surface area (Å²) >= 11 is 0. The van der Waals surface area contributed by atoms with E-state index in [2.05, 4.69) is 10.1 Å². The molecule has 0 bridgehead atoms. The highest BCUT2D eigenvalue weighted by atomic mass is 16.5. The lowest BCUT2D eigenvalue weighted by Crippen LogP contribution is -2.25. The number of aromatic hydroxyl groups is 1. The fourth-order valence-electron chi connectivity index (χ4n) is 2.87. The van der Waals surface area contributed by atoms with Crippen LogP contribution in [0.25, 0.3) is 11.5 Å². The van der Waals surface area contributed by atoms with Crippen molar-refractivity contribution < 1.29 is 14.4 Å². The zero-order valence-corrected chi connectivity index (χ0v) is 11.7. The molecule has 20 heavy (non-hydrogen) atoms. The van der Waals surface area contributed by atoms with Crippen molar-refractivity contribution in [3.63, 3.8) is 0 Å². The Hall–Kier alpha value is -1.88. The normalized spacial score (nSPS) is 17.5. The number of aryl methyl sites for hydroxylation is 1. The molecule has 1 saturated carbocycles. The van der Waals surface area contributed by atoms with Gasteiger partial charge in [0.15, 0.2) is 0 Å². The van der Waals surface area contributed by atoms with Crippen LogP contribution in [-0.4, -0.2) is 22.4 Å². The zero-order chi connectivity index (χ0) is 14.2. The van der Waals surface area contributed by atoms with Gasteiger partial charge in [0.05, 0.1) is 0 Å². The van der Waals surface area contributed by atoms with Gasteiger partial charge in [0.1, 0.15) is 11.4 Å². The molecule has 106 valence electrons. The highest BCUT2D eigenvalue weighted by Gasteiger charge is 2.40. The van der Waals surface area contributed by atoms with Gasteiger partial charge in [0.2, 0.25) is 5.82 Å². The van der Waals surface area contributed by atoms with Crippen molar-refractivity contribution in [2.75, 3.05) is 7.11 Å². The lowest BCUT2D eigenvalue weighted by atomic mass is 10.0. The summed E-state index contributed by atoms with van der Waals surface area (Å²) in [4.78, 5) is 4.51. The van der Waals surface area contributed by atoms with E-state index in [0.29, 0.717) is 11.7 Å². The van der Waals surface area contributed by atoms with Gasteiger partial charge < -0.3 is 14.4 Å². The molecule has 0 amide bonds. The molecule has 1 fully saturated rings. The van der Waals surface area contributed by atoms with E-state index in [1.807, 2.05) is 6.92 Å². The Bertz CT molecular complexity index is 615. The molecule has 0 unspecified atom stereocenters. The summed E-state index contributed by atoms with van der Waals surface area (Å²) in [6.45, 7) is 1.90. The summed E-state index contributed by atoms with van der Waals surface area (Å²) in [5.41, 5.74) is 1.34. The average Bonchev–Trinajstić information content (AvgIpc) is 3.08. The van der Waals surface area contributed by atoms with Crippen LogP contribution in [-0.2, 0) is 10.3 Å². The molecule has 0 radical (unpaired) electrons. The van der Waals surface area contributed by atoms with Gasteiger partial charge in [-0.15, -0.1) is 0 Å². The fraction of sp³-hybridized carbons (Fsp3) is 0.467. The maximum atomic E-state index is 9.45. The number of aromatic nitrogens is 2. The van der Waals surface area contributed by atoms with E-state index >= 15 is 0 Å². The highest BCUT2D eigenvalue weighted by molar-refractivity contribution is 5.59. The van der Waals surface area contributed by atoms with E-state index in [0.717, 1.165) is 36.8 Å². The van der Waals surface area contributed by atoms with Gasteiger partial charge in [-0.1, -0.05) is 5.16 Å². The molecule has 1 aromatic heterocycles. The van der Waals surface area contributed by atoms with Gasteiger partial charge >= 0.3 is 0 Å². The molecule has 2 aromatic rings. The van der Waals surface area contributed by atoms with Crippen molar-refractivity contribution in [1.29, 1.82) is 0 Å². The standard InChI is InChI=1S/C15H18N2O3/c1-10-9-11(18)5-6-12(10)13-16-14(17-20-13)15(19-2)7-3-4-8-15/h5-6,9,18H,3-4,7-8H2,1-2H3. The van der Waals surface area contributed by atoms with Crippen LogP contribution in [0.1, 0.15) is 37.1 Å². The maximum absolute atomic E-state index is 9.45. The number of phenols is 1. The SMILES string of the molecule is COC1(c2noc(-c3ccc(O)cc3C)n2)CCCC1. The van der Waals surface area contributed by atoms with Gasteiger partial charge in [0, 0.05) is 12.7 Å². The van der Waals surface area contributed by atoms with E-state index < -0.39 is 5.60 Å². The van der Waals surface area contributed by atoms with Gasteiger partial charge in [-0.3, -0.25) is 0 Å². The summed E-state index contributed by atoms with van der Waals surface area (Å²) < 4.78 is 11.0. The third kappa shape index (κ3) is 2.08. The highest BCUT2D eigenvalue weighted by Crippen LogP contribution is 2.40. The number of hydrogen-bond donors (Lipinski definition) is 1. The Balaban J connectivity index is 1.97. The van der Waals surface area contributed by atoms with Gasteiger partial charge in [-0.2, -0.15) is 4.98 Å². The van der Waals surface area contributed by atoms with Crippen molar-refractivity contribution in [1.82, 2.24) is 10.1 Å². The van der Waals surface area contributed by atoms with E-state index in [1.165, 1.54) is 0 Å². The average molecular weight is 274 g/mol. The monoisotopic (exact) mass is 274 g/mol. The van der Waals surface area contributed by atoms with Gasteiger partial charge in [-0.25, -0.2) is 0 Å². The number of methoxy groups -OCH3 is 1. The Labute approximate surface area is 117 Å². The summed E-state index contributed by atoms with van der Waals surface area (Å²) in [6, 6.07) is 5.09. The van der Waals surface area contributed by atoms with Crippen LogP contribution in [0.4, 0.5) is 0 Å². The molecule has 1 heterocycles. The van der Waals surface area contributed by atoms with Gasteiger partial charge in [0.25, 0.3) is 5.89 Å². The van der Waals surface area contributed by atoms with Crippen molar-refractivity contribution in [3.8, 4) is 17.2 Å². The van der Waals surface area contributed by atoms with Crippen LogP contribution in [0.2, 0.25) is 0 Å². The third-order valence-corrected chi connectivity index (χ3v) is 4.08. The Kier molecular flexibility index (Phi) is 3.22. The van der Waals surface area contributed by atoms with Crippen LogP contribution in [0, 0.1) is 6.92 Å². The second-order valence-electron chi connectivity index (χ2n) is 5.33. The predicted octanol–water partition coefficient (Wildman–Crippen LogP) is 3.17. The van der Waals surface area contributed by atoms with E-state index in [4.69, 9.17) is 9.26 Å². The number of ether oxygens (including phenoxy) is 1. The topological polar surface area (TPSA) is 68.4 Å². The molecular weight excluding hydrogens is 256 g/mol. The Morgan fingerprint density at radius 2 is 2.05 bits per heavy atom. The van der Waals surface area contributed by atoms with Crippen LogP contribution >= 0.6 is 0 Å². The molecule has 0 aliphatic heterocycles. The number of hydrogen-bond acceptors (Lipinski definition) is 5. The lowest BCUT2D eigenvalue weighted by molar-refractivity contribution is -0.0178. The number of phenolic OH excluding ortho intramolecular Hbond substituents is 1. The molecule has 1 N–H and O–H groups in total. The van der Waals surface area contributed by atoms with E-state index in [9.17, 15) is 5.11 Å². The largest absolute Gasteiger partial charge is 0.508 e. The van der Waals surface area contributed by atoms with Crippen molar-refractivity contribution in [3.05, 3.63) is 29.6 Å². The molecule has 0 saturated heterocycles. The lowest BCUT2D eigenvalue weighted by Gasteiger charge is -2.22. The third-order valence-electron chi connectivity index (χ3n) is 4.08. The van der Waals surface area contributed by atoms with E-state index in [1.54, 1.807) is 25.3 Å². The molecule has 0 spiro atoms. The minimum absolute atomic E-state index is 0.232. The summed E-state index contributed by atoms with van der Waals surface area (Å²) in [5.74, 6) is 1.33. The number of rotatable bonds is 3. The molecule has 3 rings (SSSR count). The first kappa shape index (κ1) is 13.1. The number of nitrogens with zero attached hydrogens (tertiary/aromatic N) is 2. The quantitative estimate of drug-likeness (QED) is 0.931. The van der Waals surface area contributed by atoms with Crippen molar-refractivity contribution in [2.45, 2.75) is 38.2 Å². The first-order valence-corrected chi connectivity index (χ1v) is 6.84. The first-order chi connectivity index (χ1) is 9.64. The van der Waals surface area contributed by atoms with Crippen LogP contribution in [0.5, 0.6) is 5.75 Å². The molecule has 5 nitrogen and oxygen atoms in total. The fourth-order valence-corrected chi connectivity index (χ4v) is 2.87. The zero-order valence-electron chi connectivity index (χ0n) is 11.7. The summed E-state index contributed by atoms with van der Waals surface area (Å²) in [6.07, 6.45) is 4.10. The summed E-state index contributed by atoms with van der Waals surface area (Å²) in [5, 5.41) is 13.6. The Morgan fingerprint density at radius 3 is 2.70 bits per heavy atom. The molecule has 5 heteroatoms. The maximum Gasteiger partial charge on any atom is 0.258 e. The second kappa shape index (κ2) is 4.90. The van der Waals surface area contributed by atoms with Crippen LogP contribution in [0.3, 0.4) is 0 Å². The minimum atomic E-state index is -0.396. The second-order valence-corrected chi connectivity index (χ2v) is 5.33. The summed E-state index contributed by atoms with van der Waals surface area (Å²) in [7, 11) is 1.70. The van der Waals surface area contributed by atoms with Gasteiger partial charge in [-0.05, 0) is 56.4 Å². The number of benzene rings is 1. The van der Waals surface area contributed by atoms with Crippen molar-refractivity contribution >= 4 is 0 Å².